The Morgan fingerprint density at radius 1 is 1.06 bits per heavy atom. The number of ether oxygens (including phenoxy) is 6. The minimum absolute atomic E-state index is 0.298. The van der Waals surface area contributed by atoms with Crippen LogP contribution in [0.15, 0.2) is 60.7 Å². The van der Waals surface area contributed by atoms with Crippen molar-refractivity contribution in [1.82, 2.24) is 0 Å². The number of benzene rings is 2. The van der Waals surface area contributed by atoms with Gasteiger partial charge in [0.25, 0.3) is 0 Å². The third kappa shape index (κ3) is 6.69. The van der Waals surface area contributed by atoms with Crippen molar-refractivity contribution >= 4 is 5.97 Å². The summed E-state index contributed by atoms with van der Waals surface area (Å²) in [6.07, 6.45) is 3.24. The van der Waals surface area contributed by atoms with E-state index in [1.165, 1.54) is 0 Å². The van der Waals surface area contributed by atoms with Gasteiger partial charge in [0.2, 0.25) is 0 Å². The SMILES string of the molecule is C#CCCCOC1OC2COC(C)(C)O[C@@H]2[C@@H](OCc2ccccc2)C1OC(=O)c1ccccc1. The van der Waals surface area contributed by atoms with Gasteiger partial charge in [0, 0.05) is 6.42 Å². The highest BCUT2D eigenvalue weighted by atomic mass is 16.8. The molecule has 5 atom stereocenters. The Morgan fingerprint density at radius 3 is 2.49 bits per heavy atom. The molecule has 7 heteroatoms. The van der Waals surface area contributed by atoms with Crippen LogP contribution < -0.4 is 0 Å². The summed E-state index contributed by atoms with van der Waals surface area (Å²) < 4.78 is 36.7. The van der Waals surface area contributed by atoms with Crippen LogP contribution in [0.25, 0.3) is 0 Å². The Kier molecular flexibility index (Phi) is 8.55. The maximum Gasteiger partial charge on any atom is 0.338 e. The molecule has 0 bridgehead atoms. The molecule has 2 aliphatic heterocycles. The lowest BCUT2D eigenvalue weighted by atomic mass is 9.96. The lowest BCUT2D eigenvalue weighted by molar-refractivity contribution is -0.386. The number of carbonyl (C=O) groups excluding carboxylic acids is 1. The van der Waals surface area contributed by atoms with Crippen LogP contribution >= 0.6 is 0 Å². The van der Waals surface area contributed by atoms with E-state index in [0.717, 1.165) is 5.56 Å². The van der Waals surface area contributed by atoms with E-state index in [-0.39, 0.29) is 0 Å². The molecule has 2 heterocycles. The summed E-state index contributed by atoms with van der Waals surface area (Å²) in [5.74, 6) is 1.27. The second kappa shape index (κ2) is 11.8. The molecule has 0 N–H and O–H groups in total. The molecule has 2 aliphatic rings. The Morgan fingerprint density at radius 2 is 1.77 bits per heavy atom. The number of carbonyl (C=O) groups is 1. The summed E-state index contributed by atoms with van der Waals surface area (Å²) in [5.41, 5.74) is 1.41. The van der Waals surface area contributed by atoms with Gasteiger partial charge in [0.15, 0.2) is 18.2 Å². The molecule has 7 nitrogen and oxygen atoms in total. The van der Waals surface area contributed by atoms with Crippen molar-refractivity contribution in [2.45, 2.75) is 69.8 Å². The average molecular weight is 481 g/mol. The molecule has 2 saturated heterocycles. The van der Waals surface area contributed by atoms with E-state index in [0.29, 0.717) is 38.2 Å². The number of esters is 1. The summed E-state index contributed by atoms with van der Waals surface area (Å²) in [6, 6.07) is 18.6. The molecular weight excluding hydrogens is 448 g/mol. The van der Waals surface area contributed by atoms with Crippen LogP contribution in [0.5, 0.6) is 0 Å². The summed E-state index contributed by atoms with van der Waals surface area (Å²) >= 11 is 0. The maximum absolute atomic E-state index is 13.1. The largest absolute Gasteiger partial charge is 0.450 e. The number of rotatable bonds is 9. The van der Waals surface area contributed by atoms with Gasteiger partial charge in [-0.25, -0.2) is 4.79 Å². The van der Waals surface area contributed by atoms with Crippen LogP contribution in [0, 0.1) is 12.3 Å². The number of fused-ring (bicyclic) bond motifs is 1. The average Bonchev–Trinajstić information content (AvgIpc) is 2.87. The predicted octanol–water partition coefficient (Wildman–Crippen LogP) is 4.10. The first kappa shape index (κ1) is 25.4. The molecule has 0 amide bonds. The Labute approximate surface area is 206 Å². The molecule has 4 rings (SSSR count). The van der Waals surface area contributed by atoms with Crippen LogP contribution in [0.2, 0.25) is 0 Å². The molecule has 0 radical (unpaired) electrons. The van der Waals surface area contributed by atoms with Gasteiger partial charge in [-0.15, -0.1) is 12.3 Å². The second-order valence-corrected chi connectivity index (χ2v) is 9.01. The minimum atomic E-state index is -0.868. The number of hydrogen-bond acceptors (Lipinski definition) is 7. The third-order valence-corrected chi connectivity index (χ3v) is 5.89. The smallest absolute Gasteiger partial charge is 0.338 e. The first-order chi connectivity index (χ1) is 17.0. The monoisotopic (exact) mass is 480 g/mol. The van der Waals surface area contributed by atoms with Crippen molar-refractivity contribution in [3.8, 4) is 12.3 Å². The maximum atomic E-state index is 13.1. The van der Waals surface area contributed by atoms with Crippen molar-refractivity contribution in [1.29, 1.82) is 0 Å². The predicted molar refractivity (Wildman–Crippen MR) is 128 cm³/mol. The fourth-order valence-electron chi connectivity index (χ4n) is 4.15. The number of hydrogen-bond donors (Lipinski definition) is 0. The summed E-state index contributed by atoms with van der Waals surface area (Å²) in [6.45, 7) is 4.63. The lowest BCUT2D eigenvalue weighted by Crippen LogP contribution is -2.66. The summed E-state index contributed by atoms with van der Waals surface area (Å²) in [4.78, 5) is 13.1. The highest BCUT2D eigenvalue weighted by molar-refractivity contribution is 5.89. The van der Waals surface area contributed by atoms with Gasteiger partial charge in [0.05, 0.1) is 25.4 Å². The first-order valence-corrected chi connectivity index (χ1v) is 11.9. The topological polar surface area (TPSA) is 72.5 Å². The van der Waals surface area contributed by atoms with Crippen molar-refractivity contribution in [3.63, 3.8) is 0 Å². The quantitative estimate of drug-likeness (QED) is 0.304. The van der Waals surface area contributed by atoms with Crippen molar-refractivity contribution in [2.24, 2.45) is 0 Å². The molecule has 2 fully saturated rings. The van der Waals surface area contributed by atoms with Gasteiger partial charge in [-0.2, -0.15) is 0 Å². The fourth-order valence-corrected chi connectivity index (χ4v) is 4.15. The van der Waals surface area contributed by atoms with Crippen LogP contribution in [-0.4, -0.2) is 55.7 Å². The van der Waals surface area contributed by atoms with Gasteiger partial charge in [-0.1, -0.05) is 48.5 Å². The van der Waals surface area contributed by atoms with Crippen LogP contribution in [0.3, 0.4) is 0 Å². The molecule has 3 unspecified atom stereocenters. The molecule has 2 aromatic carbocycles. The zero-order chi connectivity index (χ0) is 24.7. The molecular formula is C28H32O7. The second-order valence-electron chi connectivity index (χ2n) is 9.01. The van der Waals surface area contributed by atoms with Crippen molar-refractivity contribution in [3.05, 3.63) is 71.8 Å². The Hall–Kier alpha value is -2.73. The van der Waals surface area contributed by atoms with E-state index in [2.05, 4.69) is 5.92 Å². The zero-order valence-corrected chi connectivity index (χ0v) is 20.1. The van der Waals surface area contributed by atoms with Crippen LogP contribution in [-0.2, 0) is 35.0 Å². The number of unbranched alkanes of at least 4 members (excludes halogenated alkanes) is 1. The summed E-state index contributed by atoms with van der Waals surface area (Å²) in [5, 5.41) is 0. The highest BCUT2D eigenvalue weighted by Crippen LogP contribution is 2.36. The fraction of sp³-hybridized carbons (Fsp3) is 0.464. The lowest BCUT2D eigenvalue weighted by Gasteiger charge is -2.50. The van der Waals surface area contributed by atoms with Gasteiger partial charge in [0.1, 0.15) is 18.3 Å². The van der Waals surface area contributed by atoms with E-state index in [9.17, 15) is 4.79 Å². The molecule has 186 valence electrons. The minimum Gasteiger partial charge on any atom is -0.450 e. The van der Waals surface area contributed by atoms with Crippen LogP contribution in [0.4, 0.5) is 0 Å². The standard InChI is InChI=1S/C28H32O7/c1-4-5-12-17-30-27-25(34-26(29)21-15-10-7-11-16-21)24(31-18-20-13-8-6-9-14-20)23-22(33-27)19-32-28(2,3)35-23/h1,6-11,13-16,22-25,27H,5,12,17-19H2,2-3H3/t22?,23-,24+,25?,27?/m0/s1. The van der Waals surface area contributed by atoms with E-state index in [4.69, 9.17) is 34.8 Å². The highest BCUT2D eigenvalue weighted by Gasteiger charge is 2.54. The van der Waals surface area contributed by atoms with Crippen LogP contribution in [0.1, 0.15) is 42.6 Å². The van der Waals surface area contributed by atoms with Crippen molar-refractivity contribution in [2.75, 3.05) is 13.2 Å². The molecule has 0 aliphatic carbocycles. The molecule has 2 aromatic rings. The van der Waals surface area contributed by atoms with Gasteiger partial charge in [-0.3, -0.25) is 0 Å². The van der Waals surface area contributed by atoms with E-state index in [1.54, 1.807) is 24.3 Å². The molecule has 35 heavy (non-hydrogen) atoms. The Bertz CT molecular complexity index is 985. The van der Waals surface area contributed by atoms with Gasteiger partial charge < -0.3 is 28.4 Å². The summed E-state index contributed by atoms with van der Waals surface area (Å²) in [7, 11) is 0. The van der Waals surface area contributed by atoms with E-state index < -0.39 is 42.5 Å². The normalized spacial score (nSPS) is 27.4. The molecule has 0 saturated carbocycles. The third-order valence-electron chi connectivity index (χ3n) is 5.89. The number of terminal acetylenes is 1. The zero-order valence-electron chi connectivity index (χ0n) is 20.1. The first-order valence-electron chi connectivity index (χ1n) is 11.9. The molecule has 0 spiro atoms. The van der Waals surface area contributed by atoms with E-state index in [1.807, 2.05) is 50.2 Å². The van der Waals surface area contributed by atoms with Crippen molar-refractivity contribution < 1.29 is 33.2 Å². The molecule has 0 aromatic heterocycles. The van der Waals surface area contributed by atoms with Gasteiger partial charge in [-0.05, 0) is 38.0 Å². The van der Waals surface area contributed by atoms with Gasteiger partial charge >= 0.3 is 5.97 Å². The Balaban J connectivity index is 1.60. The van der Waals surface area contributed by atoms with E-state index >= 15 is 0 Å².